The van der Waals surface area contributed by atoms with Gasteiger partial charge in [0, 0.05) is 19.5 Å². The molecule has 28 heavy (non-hydrogen) atoms. The molecule has 2 aliphatic heterocycles. The van der Waals surface area contributed by atoms with Crippen molar-refractivity contribution < 1.29 is 24.1 Å². The minimum absolute atomic E-state index is 0.117. The van der Waals surface area contributed by atoms with E-state index in [1.54, 1.807) is 21.7 Å². The minimum atomic E-state index is -0.794. The Morgan fingerprint density at radius 1 is 1.36 bits per heavy atom. The lowest BCUT2D eigenvalue weighted by atomic mass is 10.0. The number of rotatable bonds is 4. The van der Waals surface area contributed by atoms with Gasteiger partial charge in [0.15, 0.2) is 11.5 Å². The van der Waals surface area contributed by atoms with E-state index >= 15 is 0 Å². The molecule has 3 heterocycles. The number of nitrogens with zero attached hydrogens (tertiary/aromatic N) is 3. The Morgan fingerprint density at radius 3 is 2.96 bits per heavy atom. The predicted molar refractivity (Wildman–Crippen MR) is 101 cm³/mol. The first-order valence-corrected chi connectivity index (χ1v) is 9.64. The van der Waals surface area contributed by atoms with Crippen LogP contribution in [0.25, 0.3) is 0 Å². The Balaban J connectivity index is 1.44. The lowest BCUT2D eigenvalue weighted by molar-refractivity contribution is -0.0217. The smallest absolute Gasteiger partial charge is 0.272 e. The maximum atomic E-state index is 12.9. The van der Waals surface area contributed by atoms with E-state index in [0.29, 0.717) is 55.7 Å². The number of amides is 1. The number of aliphatic hydroxyl groups excluding tert-OH is 1. The van der Waals surface area contributed by atoms with Crippen molar-refractivity contribution in [2.75, 3.05) is 26.3 Å². The average molecular weight is 387 g/mol. The molecule has 4 rings (SSSR count). The van der Waals surface area contributed by atoms with E-state index in [2.05, 4.69) is 5.10 Å². The molecule has 8 nitrogen and oxygen atoms in total. The Hall–Kier alpha value is -2.74. The van der Waals surface area contributed by atoms with Gasteiger partial charge in [-0.25, -0.2) is 0 Å². The van der Waals surface area contributed by atoms with Gasteiger partial charge in [-0.05, 0) is 32.0 Å². The number of likely N-dealkylation sites (tertiary alicyclic amines) is 1. The van der Waals surface area contributed by atoms with Gasteiger partial charge in [0.05, 0.1) is 12.2 Å². The van der Waals surface area contributed by atoms with Gasteiger partial charge >= 0.3 is 0 Å². The number of aliphatic hydroxyl groups is 1. The van der Waals surface area contributed by atoms with Crippen LogP contribution in [0.3, 0.4) is 0 Å². The number of hydrogen-bond donors (Lipinski definition) is 1. The average Bonchev–Trinajstić information content (AvgIpc) is 3.10. The van der Waals surface area contributed by atoms with Crippen molar-refractivity contribution in [3.63, 3.8) is 0 Å². The van der Waals surface area contributed by atoms with Crippen molar-refractivity contribution >= 4 is 5.91 Å². The maximum Gasteiger partial charge on any atom is 0.272 e. The summed E-state index contributed by atoms with van der Waals surface area (Å²) in [7, 11) is 0. The van der Waals surface area contributed by atoms with Gasteiger partial charge in [-0.15, -0.1) is 0 Å². The number of aromatic nitrogens is 2. The highest BCUT2D eigenvalue weighted by Crippen LogP contribution is 2.40. The van der Waals surface area contributed by atoms with Crippen LogP contribution < -0.4 is 14.2 Å². The number of carbonyl (C=O) groups is 1. The number of piperidine rings is 1. The number of benzene rings is 1. The monoisotopic (exact) mass is 387 g/mol. The van der Waals surface area contributed by atoms with E-state index in [4.69, 9.17) is 14.2 Å². The molecule has 1 amide bonds. The molecule has 2 aliphatic rings. The van der Waals surface area contributed by atoms with Crippen LogP contribution in [-0.2, 0) is 6.54 Å². The number of aryl methyl sites for hydroxylation is 2. The molecule has 2 aromatic rings. The van der Waals surface area contributed by atoms with Gasteiger partial charge in [-0.3, -0.25) is 9.48 Å². The second-order valence-electron chi connectivity index (χ2n) is 7.03. The quantitative estimate of drug-likeness (QED) is 0.858. The summed E-state index contributed by atoms with van der Waals surface area (Å²) in [4.78, 5) is 14.5. The first kappa shape index (κ1) is 18.6. The second kappa shape index (κ2) is 7.71. The van der Waals surface area contributed by atoms with E-state index in [1.807, 2.05) is 26.0 Å². The molecule has 0 spiro atoms. The number of fused-ring (bicyclic) bond motifs is 1. The van der Waals surface area contributed by atoms with Crippen LogP contribution in [0.1, 0.15) is 29.5 Å². The third-order valence-electron chi connectivity index (χ3n) is 5.04. The Bertz CT molecular complexity index is 866. The van der Waals surface area contributed by atoms with Crippen molar-refractivity contribution in [1.82, 2.24) is 14.7 Å². The van der Waals surface area contributed by atoms with Gasteiger partial charge in [0.2, 0.25) is 5.75 Å². The third kappa shape index (κ3) is 3.52. The first-order valence-electron chi connectivity index (χ1n) is 9.64. The zero-order valence-electron chi connectivity index (χ0n) is 16.1. The van der Waals surface area contributed by atoms with Crippen LogP contribution in [0.4, 0.5) is 0 Å². The number of para-hydroxylation sites is 1. The minimum Gasteiger partial charge on any atom is -0.486 e. The fourth-order valence-corrected chi connectivity index (χ4v) is 3.66. The van der Waals surface area contributed by atoms with E-state index < -0.39 is 12.2 Å². The van der Waals surface area contributed by atoms with Crippen molar-refractivity contribution in [3.8, 4) is 17.2 Å². The van der Waals surface area contributed by atoms with Gasteiger partial charge in [0.1, 0.15) is 31.1 Å². The predicted octanol–water partition coefficient (Wildman–Crippen LogP) is 1.64. The topological polar surface area (TPSA) is 86.1 Å². The highest BCUT2D eigenvalue weighted by Gasteiger charge is 2.34. The Labute approximate surface area is 163 Å². The standard InChI is InChI=1S/C20H25N3O5/c1-3-23-14(11-13(2)21-23)20(25)22-8-7-16(15(24)12-22)28-18-6-4-5-17-19(18)27-10-9-26-17/h4-6,11,15-16,24H,3,7-10,12H2,1-2H3/t15-,16-/m1/s1. The normalized spacial score (nSPS) is 21.5. The Morgan fingerprint density at radius 2 is 2.18 bits per heavy atom. The summed E-state index contributed by atoms with van der Waals surface area (Å²) in [6, 6.07) is 7.26. The highest BCUT2D eigenvalue weighted by molar-refractivity contribution is 5.92. The molecule has 1 aromatic heterocycles. The molecule has 0 unspecified atom stereocenters. The lowest BCUT2D eigenvalue weighted by Gasteiger charge is -2.36. The molecule has 1 N–H and O–H groups in total. The summed E-state index contributed by atoms with van der Waals surface area (Å²) in [5, 5.41) is 15.0. The molecule has 0 saturated carbocycles. The van der Waals surface area contributed by atoms with Crippen LogP contribution in [0.15, 0.2) is 24.3 Å². The molecule has 8 heteroatoms. The summed E-state index contributed by atoms with van der Waals surface area (Å²) in [5.74, 6) is 1.66. The van der Waals surface area contributed by atoms with Crippen LogP contribution in [-0.4, -0.2) is 64.2 Å². The second-order valence-corrected chi connectivity index (χ2v) is 7.03. The largest absolute Gasteiger partial charge is 0.486 e. The number of ether oxygens (including phenoxy) is 3. The van der Waals surface area contributed by atoms with Crippen LogP contribution in [0.2, 0.25) is 0 Å². The molecule has 1 saturated heterocycles. The van der Waals surface area contributed by atoms with Gasteiger partial charge in [-0.2, -0.15) is 5.10 Å². The van der Waals surface area contributed by atoms with E-state index in [9.17, 15) is 9.90 Å². The van der Waals surface area contributed by atoms with E-state index in [1.165, 1.54) is 0 Å². The summed E-state index contributed by atoms with van der Waals surface area (Å²) >= 11 is 0. The highest BCUT2D eigenvalue weighted by atomic mass is 16.6. The summed E-state index contributed by atoms with van der Waals surface area (Å²) in [5.41, 5.74) is 1.36. The maximum absolute atomic E-state index is 12.9. The van der Waals surface area contributed by atoms with Crippen molar-refractivity contribution in [1.29, 1.82) is 0 Å². The van der Waals surface area contributed by atoms with Gasteiger partial charge in [-0.1, -0.05) is 6.07 Å². The fraction of sp³-hybridized carbons (Fsp3) is 0.500. The van der Waals surface area contributed by atoms with E-state index in [0.717, 1.165) is 5.69 Å². The molecule has 0 radical (unpaired) electrons. The summed E-state index contributed by atoms with van der Waals surface area (Å²) in [6.07, 6.45) is -0.688. The third-order valence-corrected chi connectivity index (χ3v) is 5.04. The van der Waals surface area contributed by atoms with Gasteiger partial charge in [0.25, 0.3) is 5.91 Å². The Kier molecular flexibility index (Phi) is 5.13. The zero-order chi connectivity index (χ0) is 19.7. The van der Waals surface area contributed by atoms with Crippen LogP contribution >= 0.6 is 0 Å². The molecule has 1 fully saturated rings. The molecule has 1 aromatic carbocycles. The molecular weight excluding hydrogens is 362 g/mol. The van der Waals surface area contributed by atoms with Gasteiger partial charge < -0.3 is 24.2 Å². The number of β-amino-alcohol motifs (C(OH)–C–C–N with tert-alkyl or cyclic N) is 1. The van der Waals surface area contributed by atoms with Crippen molar-refractivity contribution in [3.05, 3.63) is 35.7 Å². The van der Waals surface area contributed by atoms with Crippen LogP contribution in [0.5, 0.6) is 17.2 Å². The van der Waals surface area contributed by atoms with E-state index in [-0.39, 0.29) is 12.5 Å². The molecular formula is C20H25N3O5. The van der Waals surface area contributed by atoms with Crippen molar-refractivity contribution in [2.24, 2.45) is 0 Å². The number of carbonyl (C=O) groups excluding carboxylic acids is 1. The SMILES string of the molecule is CCn1nc(C)cc1C(=O)N1CC[C@@H](Oc2cccc3c2OCCO3)[C@H](O)C1. The first-order chi connectivity index (χ1) is 13.6. The zero-order valence-corrected chi connectivity index (χ0v) is 16.1. The summed E-state index contributed by atoms with van der Waals surface area (Å²) in [6.45, 7) is 6.12. The lowest BCUT2D eigenvalue weighted by Crippen LogP contribution is -2.51. The molecule has 0 aliphatic carbocycles. The van der Waals surface area contributed by atoms with Crippen molar-refractivity contribution in [2.45, 2.75) is 39.0 Å². The molecule has 2 atom stereocenters. The van der Waals surface area contributed by atoms with Crippen LogP contribution in [0, 0.1) is 6.92 Å². The molecule has 150 valence electrons. The fourth-order valence-electron chi connectivity index (χ4n) is 3.66. The number of hydrogen-bond acceptors (Lipinski definition) is 6. The summed E-state index contributed by atoms with van der Waals surface area (Å²) < 4.78 is 19.0. The molecule has 0 bridgehead atoms.